The van der Waals surface area contributed by atoms with Crippen molar-refractivity contribution in [3.05, 3.63) is 70.7 Å². The lowest BCUT2D eigenvalue weighted by atomic mass is 10.1. The van der Waals surface area contributed by atoms with E-state index in [-0.39, 0.29) is 17.0 Å². The molecule has 134 valence electrons. The Morgan fingerprint density at radius 1 is 1.04 bits per heavy atom. The van der Waals surface area contributed by atoms with Crippen molar-refractivity contribution in [2.24, 2.45) is 0 Å². The van der Waals surface area contributed by atoms with Crippen LogP contribution in [0.1, 0.15) is 33.9 Å². The van der Waals surface area contributed by atoms with Gasteiger partial charge in [0, 0.05) is 5.56 Å². The van der Waals surface area contributed by atoms with Gasteiger partial charge >= 0.3 is 6.18 Å². The van der Waals surface area contributed by atoms with Crippen molar-refractivity contribution >= 4 is 17.2 Å². The van der Waals surface area contributed by atoms with Crippen LogP contribution in [0.3, 0.4) is 0 Å². The summed E-state index contributed by atoms with van der Waals surface area (Å²) >= 11 is 1.03. The number of hydrogen-bond donors (Lipinski definition) is 1. The number of nitrogens with one attached hydrogen (secondary N) is 1. The molecule has 3 aromatic rings. The molecule has 1 amide bonds. The second-order valence-corrected chi connectivity index (χ2v) is 6.57. The predicted octanol–water partition coefficient (Wildman–Crippen LogP) is 4.71. The molecule has 0 bridgehead atoms. The quantitative estimate of drug-likeness (QED) is 0.716. The highest BCUT2D eigenvalue weighted by Gasteiger charge is 2.30. The van der Waals surface area contributed by atoms with Crippen LogP contribution in [-0.2, 0) is 6.18 Å². The van der Waals surface area contributed by atoms with Gasteiger partial charge in [0.25, 0.3) is 5.91 Å². The first-order valence-corrected chi connectivity index (χ1v) is 8.53. The van der Waals surface area contributed by atoms with E-state index in [1.165, 1.54) is 12.1 Å². The number of carbonyl (C=O) groups excluding carboxylic acids is 1. The standard InChI is InChI=1S/C18H14F3N3OS/c1-11(12-5-3-2-4-6-12)22-15(25)17-24-23-16(26-17)13-7-9-14(10-8-13)18(19,20)21/h2-11H,1H3,(H,22,25)/t11-/m0/s1. The highest BCUT2D eigenvalue weighted by molar-refractivity contribution is 7.16. The van der Waals surface area contributed by atoms with Gasteiger partial charge in [-0.25, -0.2) is 0 Å². The minimum Gasteiger partial charge on any atom is -0.343 e. The minimum atomic E-state index is -4.39. The molecule has 1 heterocycles. The number of carbonyl (C=O) groups is 1. The van der Waals surface area contributed by atoms with Crippen molar-refractivity contribution < 1.29 is 18.0 Å². The average Bonchev–Trinajstić information content (AvgIpc) is 3.12. The van der Waals surface area contributed by atoms with Crippen LogP contribution in [-0.4, -0.2) is 16.1 Å². The Kier molecular flexibility index (Phi) is 5.03. The van der Waals surface area contributed by atoms with Gasteiger partial charge in [0.1, 0.15) is 5.01 Å². The molecule has 1 N–H and O–H groups in total. The number of benzene rings is 2. The molecule has 26 heavy (non-hydrogen) atoms. The SMILES string of the molecule is C[C@H](NC(=O)c1nnc(-c2ccc(C(F)(F)F)cc2)s1)c1ccccc1. The number of nitrogens with zero attached hydrogens (tertiary/aromatic N) is 2. The number of amides is 1. The van der Waals surface area contributed by atoms with Gasteiger partial charge < -0.3 is 5.32 Å². The Morgan fingerprint density at radius 3 is 2.31 bits per heavy atom. The van der Waals surface area contributed by atoms with E-state index in [0.29, 0.717) is 10.6 Å². The first-order chi connectivity index (χ1) is 12.3. The average molecular weight is 377 g/mol. The predicted molar refractivity (Wildman–Crippen MR) is 92.7 cm³/mol. The molecule has 8 heteroatoms. The van der Waals surface area contributed by atoms with Crippen LogP contribution in [0.5, 0.6) is 0 Å². The maximum absolute atomic E-state index is 12.6. The molecule has 4 nitrogen and oxygen atoms in total. The molecule has 2 aromatic carbocycles. The number of halogens is 3. The van der Waals surface area contributed by atoms with E-state index < -0.39 is 11.7 Å². The lowest BCUT2D eigenvalue weighted by Crippen LogP contribution is -2.26. The van der Waals surface area contributed by atoms with Crippen molar-refractivity contribution in [1.29, 1.82) is 0 Å². The van der Waals surface area contributed by atoms with E-state index in [0.717, 1.165) is 29.0 Å². The van der Waals surface area contributed by atoms with Crippen LogP contribution in [0.4, 0.5) is 13.2 Å². The molecular weight excluding hydrogens is 363 g/mol. The number of alkyl halides is 3. The third-order valence-corrected chi connectivity index (χ3v) is 4.70. The van der Waals surface area contributed by atoms with Crippen molar-refractivity contribution in [1.82, 2.24) is 15.5 Å². The van der Waals surface area contributed by atoms with Gasteiger partial charge in [-0.1, -0.05) is 53.8 Å². The first kappa shape index (κ1) is 18.1. The molecule has 0 aliphatic carbocycles. The van der Waals surface area contributed by atoms with Gasteiger partial charge in [0.2, 0.25) is 5.01 Å². The smallest absolute Gasteiger partial charge is 0.343 e. The van der Waals surface area contributed by atoms with E-state index >= 15 is 0 Å². The van der Waals surface area contributed by atoms with Crippen LogP contribution in [0.2, 0.25) is 0 Å². The maximum Gasteiger partial charge on any atom is 0.416 e. The molecule has 3 rings (SSSR count). The van der Waals surface area contributed by atoms with Gasteiger partial charge in [-0.05, 0) is 24.6 Å². The van der Waals surface area contributed by atoms with Crippen LogP contribution in [0, 0.1) is 0 Å². The van der Waals surface area contributed by atoms with Gasteiger partial charge in [0.05, 0.1) is 11.6 Å². The van der Waals surface area contributed by atoms with Crippen LogP contribution >= 0.6 is 11.3 Å². The molecule has 0 saturated heterocycles. The summed E-state index contributed by atoms with van der Waals surface area (Å²) in [5.74, 6) is -0.378. The highest BCUT2D eigenvalue weighted by Crippen LogP contribution is 2.31. The first-order valence-electron chi connectivity index (χ1n) is 7.71. The molecule has 0 aliphatic rings. The molecule has 0 unspecified atom stereocenters. The molecule has 1 atom stereocenters. The van der Waals surface area contributed by atoms with Crippen molar-refractivity contribution in [2.45, 2.75) is 19.1 Å². The van der Waals surface area contributed by atoms with Gasteiger partial charge in [-0.2, -0.15) is 13.2 Å². The summed E-state index contributed by atoms with van der Waals surface area (Å²) in [6.45, 7) is 1.85. The van der Waals surface area contributed by atoms with E-state index in [2.05, 4.69) is 15.5 Å². The lowest BCUT2D eigenvalue weighted by Gasteiger charge is -2.12. The highest BCUT2D eigenvalue weighted by atomic mass is 32.1. The second-order valence-electron chi connectivity index (χ2n) is 5.59. The minimum absolute atomic E-state index is 0.155. The summed E-state index contributed by atoms with van der Waals surface area (Å²) in [7, 11) is 0. The fraction of sp³-hybridized carbons (Fsp3) is 0.167. The Hall–Kier alpha value is -2.74. The zero-order chi connectivity index (χ0) is 18.7. The zero-order valence-corrected chi connectivity index (χ0v) is 14.4. The van der Waals surface area contributed by atoms with Crippen LogP contribution in [0.25, 0.3) is 10.6 Å². The second kappa shape index (κ2) is 7.25. The zero-order valence-electron chi connectivity index (χ0n) is 13.6. The Bertz CT molecular complexity index is 892. The largest absolute Gasteiger partial charge is 0.416 e. The van der Waals surface area contributed by atoms with Gasteiger partial charge in [-0.3, -0.25) is 4.79 Å². The maximum atomic E-state index is 12.6. The summed E-state index contributed by atoms with van der Waals surface area (Å²) in [6, 6.07) is 13.8. The topological polar surface area (TPSA) is 54.9 Å². The lowest BCUT2D eigenvalue weighted by molar-refractivity contribution is -0.137. The number of hydrogen-bond acceptors (Lipinski definition) is 4. The molecule has 0 spiro atoms. The molecule has 0 aliphatic heterocycles. The summed E-state index contributed by atoms with van der Waals surface area (Å²) in [5.41, 5.74) is 0.694. The number of aromatic nitrogens is 2. The molecular formula is C18H14F3N3OS. The van der Waals surface area contributed by atoms with E-state index in [1.807, 2.05) is 37.3 Å². The number of rotatable bonds is 4. The summed E-state index contributed by atoms with van der Waals surface area (Å²) in [5, 5.41) is 11.1. The Morgan fingerprint density at radius 2 is 1.69 bits per heavy atom. The summed E-state index contributed by atoms with van der Waals surface area (Å²) in [6.07, 6.45) is -4.39. The normalized spacial score (nSPS) is 12.6. The third kappa shape index (κ3) is 4.08. The fourth-order valence-corrected chi connectivity index (χ4v) is 3.07. The van der Waals surface area contributed by atoms with Crippen LogP contribution in [0.15, 0.2) is 54.6 Å². The van der Waals surface area contributed by atoms with Crippen LogP contribution < -0.4 is 5.32 Å². The monoisotopic (exact) mass is 377 g/mol. The van der Waals surface area contributed by atoms with Crippen molar-refractivity contribution in [2.75, 3.05) is 0 Å². The molecule has 1 aromatic heterocycles. The van der Waals surface area contributed by atoms with Gasteiger partial charge in [0.15, 0.2) is 0 Å². The van der Waals surface area contributed by atoms with Crippen molar-refractivity contribution in [3.8, 4) is 10.6 Å². The molecule has 0 fully saturated rings. The fourth-order valence-electron chi connectivity index (χ4n) is 2.32. The van der Waals surface area contributed by atoms with Crippen molar-refractivity contribution in [3.63, 3.8) is 0 Å². The van der Waals surface area contributed by atoms with E-state index in [4.69, 9.17) is 0 Å². The Labute approximate surface area is 151 Å². The Balaban J connectivity index is 1.72. The third-order valence-electron chi connectivity index (χ3n) is 3.73. The van der Waals surface area contributed by atoms with Gasteiger partial charge in [-0.15, -0.1) is 10.2 Å². The summed E-state index contributed by atoms with van der Waals surface area (Å²) in [4.78, 5) is 12.3. The molecule has 0 saturated carbocycles. The van der Waals surface area contributed by atoms with E-state index in [9.17, 15) is 18.0 Å². The summed E-state index contributed by atoms with van der Waals surface area (Å²) < 4.78 is 37.8. The molecule has 0 radical (unpaired) electrons. The van der Waals surface area contributed by atoms with E-state index in [1.54, 1.807) is 0 Å².